The van der Waals surface area contributed by atoms with Crippen LogP contribution in [0.3, 0.4) is 0 Å². The summed E-state index contributed by atoms with van der Waals surface area (Å²) in [5, 5.41) is 6.45. The lowest BCUT2D eigenvalue weighted by atomic mass is 9.90. The van der Waals surface area contributed by atoms with Crippen molar-refractivity contribution in [3.05, 3.63) is 89.4 Å². The molecular formula is C27H26ClN3O. The molecule has 162 valence electrons. The molecule has 0 bridgehead atoms. The van der Waals surface area contributed by atoms with Gasteiger partial charge in [0, 0.05) is 29.1 Å². The van der Waals surface area contributed by atoms with Crippen molar-refractivity contribution in [1.82, 2.24) is 14.7 Å². The maximum absolute atomic E-state index is 13.1. The number of carbonyl (C=O) groups is 1. The molecular weight excluding hydrogens is 418 g/mol. The Labute approximate surface area is 193 Å². The summed E-state index contributed by atoms with van der Waals surface area (Å²) in [6, 6.07) is 26.4. The molecule has 5 heteroatoms. The fourth-order valence-electron chi connectivity index (χ4n) is 4.64. The van der Waals surface area contributed by atoms with Crippen molar-refractivity contribution in [1.29, 1.82) is 0 Å². The van der Waals surface area contributed by atoms with Crippen LogP contribution in [0.4, 0.5) is 0 Å². The number of carbonyl (C=O) groups excluding carboxylic acids is 1. The van der Waals surface area contributed by atoms with Gasteiger partial charge in [0.25, 0.3) is 0 Å². The van der Waals surface area contributed by atoms with Gasteiger partial charge in [-0.3, -0.25) is 9.48 Å². The van der Waals surface area contributed by atoms with Gasteiger partial charge >= 0.3 is 0 Å². The van der Waals surface area contributed by atoms with Gasteiger partial charge in [0.2, 0.25) is 5.91 Å². The molecule has 0 unspecified atom stereocenters. The summed E-state index contributed by atoms with van der Waals surface area (Å²) < 4.78 is 1.83. The standard InChI is InChI=1S/C27H26ClN3O/c28-23-11-12-25-24(18-23)27(22-9-5-2-6-10-22)29-31(25)19-26(32)30-15-13-21(14-16-30)17-20-7-3-1-4-8-20/h1-12,18,21H,13-17,19H2. The fraction of sp³-hybridized carbons (Fsp3) is 0.259. The summed E-state index contributed by atoms with van der Waals surface area (Å²) >= 11 is 6.27. The zero-order valence-corrected chi connectivity index (χ0v) is 18.7. The zero-order valence-electron chi connectivity index (χ0n) is 18.0. The molecule has 1 aliphatic heterocycles. The zero-order chi connectivity index (χ0) is 21.9. The van der Waals surface area contributed by atoms with Gasteiger partial charge in [0.1, 0.15) is 12.2 Å². The summed E-state index contributed by atoms with van der Waals surface area (Å²) in [6.45, 7) is 1.87. The first-order valence-corrected chi connectivity index (χ1v) is 11.6. The topological polar surface area (TPSA) is 38.1 Å². The van der Waals surface area contributed by atoms with Crippen LogP contribution in [0.1, 0.15) is 18.4 Å². The highest BCUT2D eigenvalue weighted by Crippen LogP contribution is 2.30. The average molecular weight is 444 g/mol. The summed E-state index contributed by atoms with van der Waals surface area (Å²) in [7, 11) is 0. The molecule has 0 N–H and O–H groups in total. The molecule has 3 aromatic carbocycles. The van der Waals surface area contributed by atoms with Gasteiger partial charge in [-0.25, -0.2) is 0 Å². The van der Waals surface area contributed by atoms with Crippen LogP contribution in [0.25, 0.3) is 22.2 Å². The number of benzene rings is 3. The van der Waals surface area contributed by atoms with E-state index in [0.29, 0.717) is 10.9 Å². The van der Waals surface area contributed by atoms with Gasteiger partial charge in [0.15, 0.2) is 0 Å². The van der Waals surface area contributed by atoms with Crippen molar-refractivity contribution in [2.24, 2.45) is 5.92 Å². The number of likely N-dealkylation sites (tertiary alicyclic amines) is 1. The van der Waals surface area contributed by atoms with Crippen LogP contribution < -0.4 is 0 Å². The molecule has 1 aromatic heterocycles. The Morgan fingerprint density at radius 1 is 0.938 bits per heavy atom. The minimum Gasteiger partial charge on any atom is -0.341 e. The highest BCUT2D eigenvalue weighted by atomic mass is 35.5. The molecule has 1 saturated heterocycles. The largest absolute Gasteiger partial charge is 0.341 e. The molecule has 1 fully saturated rings. The summed E-state index contributed by atoms with van der Waals surface area (Å²) in [4.78, 5) is 15.1. The Morgan fingerprint density at radius 2 is 1.62 bits per heavy atom. The van der Waals surface area contributed by atoms with Crippen LogP contribution in [-0.2, 0) is 17.8 Å². The van der Waals surface area contributed by atoms with Gasteiger partial charge in [0.05, 0.1) is 5.52 Å². The first-order valence-electron chi connectivity index (χ1n) is 11.2. The quantitative estimate of drug-likeness (QED) is 0.388. The van der Waals surface area contributed by atoms with Gasteiger partial charge in [-0.05, 0) is 48.9 Å². The van der Waals surface area contributed by atoms with E-state index in [4.69, 9.17) is 16.7 Å². The monoisotopic (exact) mass is 443 g/mol. The van der Waals surface area contributed by atoms with Crippen molar-refractivity contribution in [3.8, 4) is 11.3 Å². The fourth-order valence-corrected chi connectivity index (χ4v) is 4.82. The van der Waals surface area contributed by atoms with E-state index in [1.54, 1.807) is 0 Å². The van der Waals surface area contributed by atoms with E-state index in [1.807, 2.05) is 58.1 Å². The second kappa shape index (κ2) is 9.17. The highest BCUT2D eigenvalue weighted by molar-refractivity contribution is 6.31. The number of piperidine rings is 1. The van der Waals surface area contributed by atoms with Crippen molar-refractivity contribution in [2.45, 2.75) is 25.8 Å². The van der Waals surface area contributed by atoms with Crippen LogP contribution in [0.15, 0.2) is 78.9 Å². The maximum Gasteiger partial charge on any atom is 0.244 e. The average Bonchev–Trinajstić information content (AvgIpc) is 3.18. The van der Waals surface area contributed by atoms with E-state index in [1.165, 1.54) is 5.56 Å². The first kappa shape index (κ1) is 20.8. The third-order valence-corrected chi connectivity index (χ3v) is 6.61. The maximum atomic E-state index is 13.1. The third kappa shape index (κ3) is 4.42. The minimum atomic E-state index is 0.127. The molecule has 0 atom stereocenters. The summed E-state index contributed by atoms with van der Waals surface area (Å²) in [5.41, 5.74) is 4.19. The number of nitrogens with zero attached hydrogens (tertiary/aromatic N) is 3. The Morgan fingerprint density at radius 3 is 2.34 bits per heavy atom. The van der Waals surface area contributed by atoms with Crippen molar-refractivity contribution in [2.75, 3.05) is 13.1 Å². The van der Waals surface area contributed by atoms with E-state index in [2.05, 4.69) is 30.3 Å². The lowest BCUT2D eigenvalue weighted by Gasteiger charge is -2.32. The van der Waals surface area contributed by atoms with E-state index in [9.17, 15) is 4.79 Å². The number of fused-ring (bicyclic) bond motifs is 1. The predicted molar refractivity (Wildman–Crippen MR) is 130 cm³/mol. The lowest BCUT2D eigenvalue weighted by Crippen LogP contribution is -2.40. The Balaban J connectivity index is 1.30. The normalized spacial score (nSPS) is 14.7. The number of halogens is 1. The highest BCUT2D eigenvalue weighted by Gasteiger charge is 2.24. The minimum absolute atomic E-state index is 0.127. The van der Waals surface area contributed by atoms with Gasteiger partial charge in [-0.1, -0.05) is 72.3 Å². The molecule has 1 amide bonds. The van der Waals surface area contributed by atoms with E-state index in [0.717, 1.165) is 54.5 Å². The molecule has 4 aromatic rings. The van der Waals surface area contributed by atoms with Gasteiger partial charge in [-0.2, -0.15) is 5.10 Å². The van der Waals surface area contributed by atoms with Gasteiger partial charge < -0.3 is 4.90 Å². The van der Waals surface area contributed by atoms with Crippen LogP contribution in [0.5, 0.6) is 0 Å². The number of aromatic nitrogens is 2. The van der Waals surface area contributed by atoms with Crippen LogP contribution in [0, 0.1) is 5.92 Å². The number of amides is 1. The lowest BCUT2D eigenvalue weighted by molar-refractivity contribution is -0.133. The first-order chi connectivity index (χ1) is 15.7. The van der Waals surface area contributed by atoms with Crippen molar-refractivity contribution in [3.63, 3.8) is 0 Å². The molecule has 0 radical (unpaired) electrons. The molecule has 1 aliphatic rings. The SMILES string of the molecule is O=C(Cn1nc(-c2ccccc2)c2cc(Cl)ccc21)N1CCC(Cc2ccccc2)CC1. The van der Waals surface area contributed by atoms with E-state index in [-0.39, 0.29) is 12.5 Å². The Hall–Kier alpha value is -3.11. The molecule has 32 heavy (non-hydrogen) atoms. The Kier molecular flexibility index (Phi) is 5.95. The second-order valence-electron chi connectivity index (χ2n) is 8.55. The Bertz CT molecular complexity index is 1210. The van der Waals surface area contributed by atoms with Crippen LogP contribution in [0.2, 0.25) is 5.02 Å². The smallest absolute Gasteiger partial charge is 0.244 e. The molecule has 0 aliphatic carbocycles. The predicted octanol–water partition coefficient (Wildman–Crippen LogP) is 5.84. The third-order valence-electron chi connectivity index (χ3n) is 6.38. The summed E-state index contributed by atoms with van der Waals surface area (Å²) in [6.07, 6.45) is 3.19. The number of hydrogen-bond acceptors (Lipinski definition) is 2. The molecule has 0 saturated carbocycles. The van der Waals surface area contributed by atoms with E-state index < -0.39 is 0 Å². The van der Waals surface area contributed by atoms with Crippen LogP contribution in [-0.4, -0.2) is 33.7 Å². The van der Waals surface area contributed by atoms with Gasteiger partial charge in [-0.15, -0.1) is 0 Å². The summed E-state index contributed by atoms with van der Waals surface area (Å²) in [5.74, 6) is 0.765. The second-order valence-corrected chi connectivity index (χ2v) is 8.98. The number of hydrogen-bond donors (Lipinski definition) is 0. The van der Waals surface area contributed by atoms with Crippen LogP contribution >= 0.6 is 11.6 Å². The molecule has 5 rings (SSSR count). The molecule has 4 nitrogen and oxygen atoms in total. The molecule has 2 heterocycles. The van der Waals surface area contributed by atoms with Crippen molar-refractivity contribution < 1.29 is 4.79 Å². The number of rotatable bonds is 5. The van der Waals surface area contributed by atoms with E-state index >= 15 is 0 Å². The van der Waals surface area contributed by atoms with Crippen molar-refractivity contribution >= 4 is 28.4 Å². The molecule has 0 spiro atoms.